The lowest BCUT2D eigenvalue weighted by molar-refractivity contribution is 0.450. The summed E-state index contributed by atoms with van der Waals surface area (Å²) in [5.74, 6) is 0.584. The van der Waals surface area contributed by atoms with Gasteiger partial charge in [0.2, 0.25) is 0 Å². The largest absolute Gasteiger partial charge is 0.456 e. The Morgan fingerprint density at radius 1 is 0.760 bits per heavy atom. The van der Waals surface area contributed by atoms with E-state index in [1.807, 2.05) is 43.3 Å². The highest BCUT2D eigenvalue weighted by atomic mass is 32.2. The second-order valence-electron chi connectivity index (χ2n) is 5.92. The van der Waals surface area contributed by atoms with Crippen LogP contribution in [0, 0.1) is 13.8 Å². The zero-order valence-electron chi connectivity index (χ0n) is 13.9. The van der Waals surface area contributed by atoms with Gasteiger partial charge in [0.15, 0.2) is 0 Å². The summed E-state index contributed by atoms with van der Waals surface area (Å²) in [6.07, 6.45) is 0. The molecule has 0 unspecified atom stereocenters. The molecule has 0 spiro atoms. The summed E-state index contributed by atoms with van der Waals surface area (Å²) in [7, 11) is -4.36. The minimum absolute atomic E-state index is 0.0937. The van der Waals surface area contributed by atoms with Gasteiger partial charge in [-0.3, -0.25) is 4.55 Å². The van der Waals surface area contributed by atoms with Crippen LogP contribution in [0.15, 0.2) is 71.6 Å². The second kappa shape index (κ2) is 6.70. The summed E-state index contributed by atoms with van der Waals surface area (Å²) in [5, 5.41) is 0. The van der Waals surface area contributed by atoms with Gasteiger partial charge in [-0.2, -0.15) is 8.42 Å². The molecule has 0 aliphatic rings. The SMILES string of the molecule is Cc1ccc(-c2ccc(Oc3ccc(C)cc3S(=O)(=O)O)cc2)cc1. The Balaban J connectivity index is 1.89. The molecule has 3 aromatic rings. The Morgan fingerprint density at radius 2 is 1.28 bits per heavy atom. The molecule has 5 heteroatoms. The van der Waals surface area contributed by atoms with Gasteiger partial charge in [-0.1, -0.05) is 48.0 Å². The van der Waals surface area contributed by atoms with E-state index < -0.39 is 10.1 Å². The summed E-state index contributed by atoms with van der Waals surface area (Å²) in [6, 6.07) is 20.2. The Bertz CT molecular complexity index is 989. The van der Waals surface area contributed by atoms with E-state index in [1.165, 1.54) is 17.7 Å². The van der Waals surface area contributed by atoms with Crippen LogP contribution in [-0.4, -0.2) is 13.0 Å². The van der Waals surface area contributed by atoms with Crippen molar-refractivity contribution in [2.75, 3.05) is 0 Å². The van der Waals surface area contributed by atoms with Crippen LogP contribution in [0.3, 0.4) is 0 Å². The van der Waals surface area contributed by atoms with Crippen molar-refractivity contribution < 1.29 is 17.7 Å². The molecule has 0 radical (unpaired) electrons. The maximum atomic E-state index is 11.5. The van der Waals surface area contributed by atoms with Gasteiger partial charge < -0.3 is 4.74 Å². The molecule has 0 aromatic heterocycles. The van der Waals surface area contributed by atoms with E-state index in [4.69, 9.17) is 4.74 Å². The highest BCUT2D eigenvalue weighted by Crippen LogP contribution is 2.31. The van der Waals surface area contributed by atoms with Gasteiger partial charge in [0.05, 0.1) is 0 Å². The summed E-state index contributed by atoms with van der Waals surface area (Å²) in [6.45, 7) is 3.78. The Labute approximate surface area is 147 Å². The number of aryl methyl sites for hydroxylation is 2. The maximum Gasteiger partial charge on any atom is 0.298 e. The number of benzene rings is 3. The van der Waals surface area contributed by atoms with E-state index in [2.05, 4.69) is 0 Å². The number of rotatable bonds is 4. The van der Waals surface area contributed by atoms with Crippen molar-refractivity contribution in [3.8, 4) is 22.6 Å². The highest BCUT2D eigenvalue weighted by Gasteiger charge is 2.17. The summed E-state index contributed by atoms with van der Waals surface area (Å²) in [5.41, 5.74) is 4.04. The van der Waals surface area contributed by atoms with Gasteiger partial charge in [0.25, 0.3) is 10.1 Å². The van der Waals surface area contributed by atoms with E-state index >= 15 is 0 Å². The molecular formula is C20H18O4S. The van der Waals surface area contributed by atoms with E-state index in [9.17, 15) is 13.0 Å². The van der Waals surface area contributed by atoms with Crippen LogP contribution in [0.4, 0.5) is 0 Å². The van der Waals surface area contributed by atoms with Gasteiger partial charge in [-0.25, -0.2) is 0 Å². The zero-order chi connectivity index (χ0) is 18.0. The van der Waals surface area contributed by atoms with Gasteiger partial charge in [0, 0.05) is 0 Å². The Morgan fingerprint density at radius 3 is 1.84 bits per heavy atom. The Hall–Kier alpha value is -2.63. The third-order valence-corrected chi connectivity index (χ3v) is 4.72. The molecule has 0 saturated carbocycles. The normalized spacial score (nSPS) is 11.3. The molecule has 0 amide bonds. The molecule has 0 saturated heterocycles. The first-order valence-electron chi connectivity index (χ1n) is 7.76. The minimum Gasteiger partial charge on any atom is -0.456 e. The van der Waals surface area contributed by atoms with E-state index in [-0.39, 0.29) is 10.6 Å². The third-order valence-electron chi connectivity index (χ3n) is 3.84. The van der Waals surface area contributed by atoms with Crippen LogP contribution >= 0.6 is 0 Å². The van der Waals surface area contributed by atoms with Gasteiger partial charge in [-0.15, -0.1) is 0 Å². The van der Waals surface area contributed by atoms with Crippen molar-refractivity contribution in [3.63, 3.8) is 0 Å². The molecular weight excluding hydrogens is 336 g/mol. The first kappa shape index (κ1) is 17.2. The van der Waals surface area contributed by atoms with Gasteiger partial charge in [0.1, 0.15) is 16.4 Å². The molecule has 1 N–H and O–H groups in total. The molecule has 4 nitrogen and oxygen atoms in total. The smallest absolute Gasteiger partial charge is 0.298 e. The lowest BCUT2D eigenvalue weighted by Gasteiger charge is -2.11. The fraction of sp³-hybridized carbons (Fsp3) is 0.100. The molecule has 25 heavy (non-hydrogen) atoms. The first-order chi connectivity index (χ1) is 11.8. The van der Waals surface area contributed by atoms with Crippen LogP contribution in [0.2, 0.25) is 0 Å². The summed E-state index contributed by atoms with van der Waals surface area (Å²) < 4.78 is 38.1. The van der Waals surface area contributed by atoms with Crippen LogP contribution < -0.4 is 4.74 Å². The van der Waals surface area contributed by atoms with Crippen LogP contribution in [0.1, 0.15) is 11.1 Å². The fourth-order valence-electron chi connectivity index (χ4n) is 2.49. The molecule has 0 bridgehead atoms. The number of hydrogen-bond donors (Lipinski definition) is 1. The van der Waals surface area contributed by atoms with Crippen LogP contribution in [0.5, 0.6) is 11.5 Å². The predicted octanol–water partition coefficient (Wildman–Crippen LogP) is 5.01. The molecule has 0 fully saturated rings. The minimum atomic E-state index is -4.36. The average molecular weight is 354 g/mol. The van der Waals surface area contributed by atoms with E-state index in [0.717, 1.165) is 16.7 Å². The lowest BCUT2D eigenvalue weighted by atomic mass is 10.0. The topological polar surface area (TPSA) is 63.6 Å². The monoisotopic (exact) mass is 354 g/mol. The molecule has 128 valence electrons. The molecule has 3 rings (SSSR count). The van der Waals surface area contributed by atoms with Crippen molar-refractivity contribution in [1.82, 2.24) is 0 Å². The Kier molecular flexibility index (Phi) is 4.61. The van der Waals surface area contributed by atoms with Crippen molar-refractivity contribution in [2.24, 2.45) is 0 Å². The quantitative estimate of drug-likeness (QED) is 0.669. The zero-order valence-corrected chi connectivity index (χ0v) is 14.7. The van der Waals surface area contributed by atoms with Crippen LogP contribution in [0.25, 0.3) is 11.1 Å². The molecule has 0 aliphatic heterocycles. The average Bonchev–Trinajstić information content (AvgIpc) is 2.57. The summed E-state index contributed by atoms with van der Waals surface area (Å²) >= 11 is 0. The highest BCUT2D eigenvalue weighted by molar-refractivity contribution is 7.86. The standard InChI is InChI=1S/C20H18O4S/c1-14-3-6-16(7-4-14)17-8-10-18(11-9-17)24-19-12-5-15(2)13-20(19)25(21,22)23/h3-13H,1-2H3,(H,21,22,23). The van der Waals surface area contributed by atoms with Gasteiger partial charge in [-0.05, 0) is 54.8 Å². The second-order valence-corrected chi connectivity index (χ2v) is 7.31. The third kappa shape index (κ3) is 4.07. The van der Waals surface area contributed by atoms with Crippen molar-refractivity contribution in [3.05, 3.63) is 77.9 Å². The van der Waals surface area contributed by atoms with Crippen LogP contribution in [-0.2, 0) is 10.1 Å². The van der Waals surface area contributed by atoms with Crippen molar-refractivity contribution >= 4 is 10.1 Å². The lowest BCUT2D eigenvalue weighted by Crippen LogP contribution is -2.01. The molecule has 0 aliphatic carbocycles. The maximum absolute atomic E-state index is 11.5. The van der Waals surface area contributed by atoms with E-state index in [0.29, 0.717) is 5.75 Å². The number of hydrogen-bond acceptors (Lipinski definition) is 3. The number of ether oxygens (including phenoxy) is 1. The van der Waals surface area contributed by atoms with Crippen molar-refractivity contribution in [1.29, 1.82) is 0 Å². The fourth-order valence-corrected chi connectivity index (χ4v) is 3.19. The molecule has 0 heterocycles. The van der Waals surface area contributed by atoms with E-state index in [1.54, 1.807) is 25.1 Å². The summed E-state index contributed by atoms with van der Waals surface area (Å²) in [4.78, 5) is -0.241. The molecule has 3 aromatic carbocycles. The predicted molar refractivity (Wildman–Crippen MR) is 97.7 cm³/mol. The molecule has 0 atom stereocenters. The van der Waals surface area contributed by atoms with Gasteiger partial charge >= 0.3 is 0 Å². The van der Waals surface area contributed by atoms with Crippen molar-refractivity contribution in [2.45, 2.75) is 18.7 Å². The first-order valence-corrected chi connectivity index (χ1v) is 9.20.